The van der Waals surface area contributed by atoms with Crippen LogP contribution in [0.3, 0.4) is 0 Å². The lowest BCUT2D eigenvalue weighted by atomic mass is 9.70. The van der Waals surface area contributed by atoms with Crippen LogP contribution in [-0.4, -0.2) is 10.5 Å². The summed E-state index contributed by atoms with van der Waals surface area (Å²) in [6.45, 7) is 0. The molecule has 0 radical (unpaired) electrons. The van der Waals surface area contributed by atoms with E-state index < -0.39 is 11.5 Å². The van der Waals surface area contributed by atoms with Gasteiger partial charge in [-0.15, -0.1) is 0 Å². The first-order valence-corrected chi connectivity index (χ1v) is 5.63. The van der Waals surface area contributed by atoms with Crippen LogP contribution in [0.5, 0.6) is 0 Å². The first kappa shape index (κ1) is 10.7. The molecular formula is C13H14F2N2. The summed E-state index contributed by atoms with van der Waals surface area (Å²) in [5.41, 5.74) is 7.08. The molecule has 2 nitrogen and oxygen atoms in total. The van der Waals surface area contributed by atoms with E-state index in [-0.39, 0.29) is 12.8 Å². The number of para-hydroxylation sites is 1. The van der Waals surface area contributed by atoms with Crippen molar-refractivity contribution in [1.29, 1.82) is 0 Å². The lowest BCUT2D eigenvalue weighted by Gasteiger charge is -2.44. The van der Waals surface area contributed by atoms with Crippen LogP contribution >= 0.6 is 0 Å². The fourth-order valence-corrected chi connectivity index (χ4v) is 2.80. The molecular weight excluding hydrogens is 222 g/mol. The molecule has 3 rings (SSSR count). The summed E-state index contributed by atoms with van der Waals surface area (Å²) in [5, 5.41) is 0.980. The summed E-state index contributed by atoms with van der Waals surface area (Å²) in [7, 11) is 1.91. The Labute approximate surface area is 98.0 Å². The summed E-state index contributed by atoms with van der Waals surface area (Å²) in [6.07, 6.45) is 1.36. The quantitative estimate of drug-likeness (QED) is 0.811. The fourth-order valence-electron chi connectivity index (χ4n) is 2.80. The molecule has 1 fully saturated rings. The van der Waals surface area contributed by atoms with Gasteiger partial charge in [-0.3, -0.25) is 0 Å². The van der Waals surface area contributed by atoms with E-state index in [1.807, 2.05) is 42.1 Å². The molecule has 1 aliphatic carbocycles. The average molecular weight is 236 g/mol. The van der Waals surface area contributed by atoms with Crippen LogP contribution in [-0.2, 0) is 12.6 Å². The molecule has 2 N–H and O–H groups in total. The van der Waals surface area contributed by atoms with Crippen LogP contribution in [0.4, 0.5) is 8.78 Å². The molecule has 0 atom stereocenters. The largest absolute Gasteiger partial charge is 0.350 e. The Morgan fingerprint density at radius 1 is 1.24 bits per heavy atom. The molecule has 0 spiro atoms. The molecule has 1 saturated carbocycles. The minimum atomic E-state index is -2.61. The molecule has 90 valence electrons. The maximum absolute atomic E-state index is 13.0. The maximum Gasteiger partial charge on any atom is 0.252 e. The highest BCUT2D eigenvalue weighted by molar-refractivity contribution is 5.85. The van der Waals surface area contributed by atoms with Crippen LogP contribution in [0.25, 0.3) is 10.9 Å². The van der Waals surface area contributed by atoms with Gasteiger partial charge in [-0.1, -0.05) is 18.2 Å². The number of aryl methyl sites for hydroxylation is 1. The van der Waals surface area contributed by atoms with E-state index in [9.17, 15) is 8.78 Å². The van der Waals surface area contributed by atoms with Crippen LogP contribution in [0.2, 0.25) is 0 Å². The van der Waals surface area contributed by atoms with Crippen LogP contribution < -0.4 is 5.73 Å². The molecule has 0 amide bonds. The zero-order valence-corrected chi connectivity index (χ0v) is 9.58. The fraction of sp³-hybridized carbons (Fsp3) is 0.385. The predicted octanol–water partition coefficient (Wildman–Crippen LogP) is 2.76. The lowest BCUT2D eigenvalue weighted by molar-refractivity contribution is -0.124. The Balaban J connectivity index is 2.13. The number of rotatable bonds is 1. The lowest BCUT2D eigenvalue weighted by Crippen LogP contribution is -2.55. The Morgan fingerprint density at radius 2 is 1.88 bits per heavy atom. The number of fused-ring (bicyclic) bond motifs is 1. The average Bonchev–Trinajstić information content (AvgIpc) is 2.55. The molecule has 0 saturated heterocycles. The van der Waals surface area contributed by atoms with Gasteiger partial charge in [0.15, 0.2) is 0 Å². The number of aromatic nitrogens is 1. The normalized spacial score (nSPS) is 21.4. The summed E-state index contributed by atoms with van der Waals surface area (Å²) < 4.78 is 28.0. The van der Waals surface area contributed by atoms with Gasteiger partial charge < -0.3 is 10.3 Å². The van der Waals surface area contributed by atoms with E-state index in [2.05, 4.69) is 0 Å². The van der Waals surface area contributed by atoms with Gasteiger partial charge in [-0.25, -0.2) is 8.78 Å². The monoisotopic (exact) mass is 236 g/mol. The third-order valence-corrected chi connectivity index (χ3v) is 3.58. The number of nitrogens with two attached hydrogens (primary N) is 1. The Kier molecular flexibility index (Phi) is 1.94. The van der Waals surface area contributed by atoms with Crippen molar-refractivity contribution in [2.75, 3.05) is 0 Å². The van der Waals surface area contributed by atoms with Crippen molar-refractivity contribution in [3.63, 3.8) is 0 Å². The van der Waals surface area contributed by atoms with Crippen LogP contribution in [0, 0.1) is 0 Å². The SMILES string of the molecule is Cn1cc(C2(N)CC(F)(F)C2)c2ccccc21. The van der Waals surface area contributed by atoms with Crippen LogP contribution in [0.15, 0.2) is 30.5 Å². The number of nitrogens with zero attached hydrogens (tertiary/aromatic N) is 1. The smallest absolute Gasteiger partial charge is 0.252 e. The van der Waals surface area contributed by atoms with Gasteiger partial charge in [-0.05, 0) is 11.6 Å². The van der Waals surface area contributed by atoms with Crippen molar-refractivity contribution >= 4 is 10.9 Å². The second-order valence-corrected chi connectivity index (χ2v) is 5.04. The third-order valence-electron chi connectivity index (χ3n) is 3.58. The molecule has 1 heterocycles. The zero-order valence-electron chi connectivity index (χ0n) is 9.58. The van der Waals surface area contributed by atoms with Crippen molar-refractivity contribution in [2.45, 2.75) is 24.3 Å². The highest BCUT2D eigenvalue weighted by atomic mass is 19.3. The Bertz CT molecular complexity index is 578. The van der Waals surface area contributed by atoms with Crippen molar-refractivity contribution in [2.24, 2.45) is 12.8 Å². The van der Waals surface area contributed by atoms with Gasteiger partial charge in [0.05, 0.1) is 5.54 Å². The number of benzene rings is 1. The molecule has 0 aliphatic heterocycles. The molecule has 1 aromatic carbocycles. The Hall–Kier alpha value is -1.42. The van der Waals surface area contributed by atoms with Crippen molar-refractivity contribution in [3.05, 3.63) is 36.0 Å². The van der Waals surface area contributed by atoms with E-state index in [0.29, 0.717) is 0 Å². The van der Waals surface area contributed by atoms with Gasteiger partial charge in [0, 0.05) is 37.0 Å². The molecule has 0 bridgehead atoms. The van der Waals surface area contributed by atoms with Crippen molar-refractivity contribution in [1.82, 2.24) is 4.57 Å². The summed E-state index contributed by atoms with van der Waals surface area (Å²) in [6, 6.07) is 7.76. The standard InChI is InChI=1S/C13H14F2N2/c1-17-6-10(9-4-2-3-5-11(9)17)12(16)7-13(14,15)8-12/h2-6H,7-8,16H2,1H3. The molecule has 1 aliphatic rings. The van der Waals surface area contributed by atoms with Gasteiger partial charge in [0.25, 0.3) is 5.92 Å². The van der Waals surface area contributed by atoms with Gasteiger partial charge in [0.1, 0.15) is 0 Å². The highest BCUT2D eigenvalue weighted by Gasteiger charge is 2.55. The zero-order chi connectivity index (χ0) is 12.3. The molecule has 0 unspecified atom stereocenters. The number of hydrogen-bond acceptors (Lipinski definition) is 1. The van der Waals surface area contributed by atoms with Crippen LogP contribution in [0.1, 0.15) is 18.4 Å². The topological polar surface area (TPSA) is 30.9 Å². The van der Waals surface area contributed by atoms with Crippen molar-refractivity contribution < 1.29 is 8.78 Å². The van der Waals surface area contributed by atoms with Gasteiger partial charge in [-0.2, -0.15) is 0 Å². The predicted molar refractivity (Wildman–Crippen MR) is 63.0 cm³/mol. The third kappa shape index (κ3) is 1.47. The first-order chi connectivity index (χ1) is 7.91. The molecule has 1 aromatic heterocycles. The first-order valence-electron chi connectivity index (χ1n) is 5.63. The molecule has 2 aromatic rings. The minimum absolute atomic E-state index is 0.256. The number of alkyl halides is 2. The van der Waals surface area contributed by atoms with E-state index in [0.717, 1.165) is 16.5 Å². The number of halogens is 2. The minimum Gasteiger partial charge on any atom is -0.350 e. The van der Waals surface area contributed by atoms with E-state index in [4.69, 9.17) is 5.73 Å². The van der Waals surface area contributed by atoms with Gasteiger partial charge in [0.2, 0.25) is 0 Å². The Morgan fingerprint density at radius 3 is 2.53 bits per heavy atom. The van der Waals surface area contributed by atoms with E-state index >= 15 is 0 Å². The summed E-state index contributed by atoms with van der Waals surface area (Å²) >= 11 is 0. The number of hydrogen-bond donors (Lipinski definition) is 1. The van der Waals surface area contributed by atoms with Crippen molar-refractivity contribution in [3.8, 4) is 0 Å². The highest BCUT2D eigenvalue weighted by Crippen LogP contribution is 2.51. The summed E-state index contributed by atoms with van der Waals surface area (Å²) in [5.74, 6) is -2.61. The van der Waals surface area contributed by atoms with Gasteiger partial charge >= 0.3 is 0 Å². The second kappa shape index (κ2) is 3.07. The molecule has 17 heavy (non-hydrogen) atoms. The maximum atomic E-state index is 13.0. The van der Waals surface area contributed by atoms with E-state index in [1.165, 1.54) is 0 Å². The second-order valence-electron chi connectivity index (χ2n) is 5.04. The molecule has 4 heteroatoms. The van der Waals surface area contributed by atoms with E-state index in [1.54, 1.807) is 0 Å². The summed E-state index contributed by atoms with van der Waals surface area (Å²) in [4.78, 5) is 0.